The fraction of sp³-hybridized carbons (Fsp3) is 0.0800. The summed E-state index contributed by atoms with van der Waals surface area (Å²) in [4.78, 5) is 31.8. The van der Waals surface area contributed by atoms with Gasteiger partial charge in [-0.1, -0.05) is 17.7 Å². The van der Waals surface area contributed by atoms with Gasteiger partial charge >= 0.3 is 6.36 Å². The lowest BCUT2D eigenvalue weighted by Crippen LogP contribution is -2.31. The number of rotatable bonds is 5. The maximum atomic E-state index is 13.5. The van der Waals surface area contributed by atoms with E-state index in [4.69, 9.17) is 16.0 Å². The summed E-state index contributed by atoms with van der Waals surface area (Å²) in [6.45, 7) is 0. The molecule has 1 amide bonds. The van der Waals surface area contributed by atoms with Gasteiger partial charge in [0, 0.05) is 28.5 Å². The lowest BCUT2D eigenvalue weighted by atomic mass is 9.96. The Morgan fingerprint density at radius 2 is 1.86 bits per heavy atom. The van der Waals surface area contributed by atoms with Crippen molar-refractivity contribution in [3.8, 4) is 5.75 Å². The number of hydrogen-bond acceptors (Lipinski definition) is 6. The summed E-state index contributed by atoms with van der Waals surface area (Å²) < 4.78 is 47.2. The number of ether oxygens (including phenoxy) is 1. The number of anilines is 1. The smallest absolute Gasteiger partial charge is 0.503 e. The summed E-state index contributed by atoms with van der Waals surface area (Å²) in [5.74, 6) is -3.11. The number of furan rings is 1. The van der Waals surface area contributed by atoms with Gasteiger partial charge in [0.1, 0.15) is 11.3 Å². The van der Waals surface area contributed by atoms with E-state index < -0.39 is 35.6 Å². The van der Waals surface area contributed by atoms with Crippen molar-refractivity contribution in [2.24, 2.45) is 0 Å². The Hall–Kier alpha value is -4.31. The zero-order chi connectivity index (χ0) is 25.6. The molecule has 2 aromatic heterocycles. The second-order valence-electron chi connectivity index (χ2n) is 7.79. The van der Waals surface area contributed by atoms with Gasteiger partial charge in [-0.15, -0.1) is 13.2 Å². The molecule has 1 unspecified atom stereocenters. The van der Waals surface area contributed by atoms with Crippen molar-refractivity contribution in [2.45, 2.75) is 12.4 Å². The first-order valence-corrected chi connectivity index (χ1v) is 10.8. The van der Waals surface area contributed by atoms with Gasteiger partial charge < -0.3 is 14.3 Å². The van der Waals surface area contributed by atoms with Gasteiger partial charge in [0.25, 0.3) is 5.91 Å². The van der Waals surface area contributed by atoms with Crippen molar-refractivity contribution in [1.29, 1.82) is 0 Å². The predicted molar refractivity (Wildman–Crippen MR) is 123 cm³/mol. The Labute approximate surface area is 206 Å². The SMILES string of the molecule is O=C(C1=C(O)C(=O)N(c2ccc(OC(F)(F)F)cc2)C1c1cccnc1)c1cc2cc(Cl)ccc2o1. The second-order valence-corrected chi connectivity index (χ2v) is 8.23. The van der Waals surface area contributed by atoms with Crippen LogP contribution in [0.2, 0.25) is 5.02 Å². The second kappa shape index (κ2) is 8.72. The number of hydrogen-bond donors (Lipinski definition) is 1. The Kier molecular flexibility index (Phi) is 5.68. The van der Waals surface area contributed by atoms with Gasteiger partial charge in [0.2, 0.25) is 5.78 Å². The summed E-state index contributed by atoms with van der Waals surface area (Å²) in [5.41, 5.74) is 0.609. The Morgan fingerprint density at radius 3 is 2.53 bits per heavy atom. The zero-order valence-electron chi connectivity index (χ0n) is 18.0. The van der Waals surface area contributed by atoms with Crippen LogP contribution in [0.4, 0.5) is 18.9 Å². The number of nitrogens with zero attached hydrogens (tertiary/aromatic N) is 2. The van der Waals surface area contributed by atoms with Crippen LogP contribution in [0, 0.1) is 0 Å². The largest absolute Gasteiger partial charge is 0.573 e. The average molecular weight is 515 g/mol. The standard InChI is InChI=1S/C25H14ClF3N2O5/c26-15-3-8-18-14(10-15)11-19(35-18)22(32)20-21(13-2-1-9-30-12-13)31(24(34)23(20)33)16-4-6-17(7-5-16)36-25(27,28)29/h1-12,21,33H. The van der Waals surface area contributed by atoms with E-state index in [0.29, 0.717) is 21.6 Å². The maximum Gasteiger partial charge on any atom is 0.573 e. The number of carbonyl (C=O) groups is 2. The average Bonchev–Trinajstić information content (AvgIpc) is 3.37. The van der Waals surface area contributed by atoms with Gasteiger partial charge in [-0.3, -0.25) is 19.5 Å². The number of Topliss-reactive ketones (excluding diaryl/α,β-unsaturated/α-hetero) is 1. The van der Waals surface area contributed by atoms with Crippen molar-refractivity contribution in [1.82, 2.24) is 4.98 Å². The molecule has 1 N–H and O–H groups in total. The van der Waals surface area contributed by atoms with Crippen LogP contribution in [-0.2, 0) is 4.79 Å². The molecule has 3 heterocycles. The molecular weight excluding hydrogens is 501 g/mol. The minimum atomic E-state index is -4.89. The highest BCUT2D eigenvalue weighted by atomic mass is 35.5. The van der Waals surface area contributed by atoms with Gasteiger partial charge in [-0.05, 0) is 60.2 Å². The molecule has 0 aliphatic carbocycles. The molecule has 0 fully saturated rings. The number of carbonyl (C=O) groups excluding carboxylic acids is 2. The lowest BCUT2D eigenvalue weighted by Gasteiger charge is -2.26. The molecule has 1 aliphatic heterocycles. The van der Waals surface area contributed by atoms with Gasteiger partial charge in [-0.2, -0.15) is 0 Å². The molecule has 7 nitrogen and oxygen atoms in total. The van der Waals surface area contributed by atoms with Crippen molar-refractivity contribution >= 4 is 39.9 Å². The Balaban J connectivity index is 1.58. The van der Waals surface area contributed by atoms with Crippen LogP contribution in [0.25, 0.3) is 11.0 Å². The highest BCUT2D eigenvalue weighted by molar-refractivity contribution is 6.31. The van der Waals surface area contributed by atoms with Crippen molar-refractivity contribution < 1.29 is 37.0 Å². The Bertz CT molecular complexity index is 1510. The van der Waals surface area contributed by atoms with Crippen LogP contribution < -0.4 is 9.64 Å². The lowest BCUT2D eigenvalue weighted by molar-refractivity contribution is -0.274. The molecule has 0 radical (unpaired) electrons. The number of benzene rings is 2. The first kappa shape index (κ1) is 23.4. The highest BCUT2D eigenvalue weighted by Gasteiger charge is 2.45. The first-order chi connectivity index (χ1) is 17.1. The molecule has 1 atom stereocenters. The predicted octanol–water partition coefficient (Wildman–Crippen LogP) is 6.16. The summed E-state index contributed by atoms with van der Waals surface area (Å²) in [6.07, 6.45) is -1.99. The first-order valence-electron chi connectivity index (χ1n) is 10.4. The molecule has 182 valence electrons. The van der Waals surface area contributed by atoms with Gasteiger partial charge in [0.15, 0.2) is 11.5 Å². The van der Waals surface area contributed by atoms with E-state index in [9.17, 15) is 27.9 Å². The summed E-state index contributed by atoms with van der Waals surface area (Å²) in [7, 11) is 0. The van der Waals surface area contributed by atoms with Crippen LogP contribution in [-0.4, -0.2) is 28.1 Å². The molecule has 1 aliphatic rings. The monoisotopic (exact) mass is 514 g/mol. The van der Waals surface area contributed by atoms with E-state index in [0.717, 1.165) is 17.0 Å². The zero-order valence-corrected chi connectivity index (χ0v) is 18.7. The third kappa shape index (κ3) is 4.27. The topological polar surface area (TPSA) is 92.9 Å². The number of pyridine rings is 1. The van der Waals surface area contributed by atoms with E-state index in [1.165, 1.54) is 30.6 Å². The van der Waals surface area contributed by atoms with E-state index in [-0.39, 0.29) is 17.0 Å². The van der Waals surface area contributed by atoms with Gasteiger partial charge in [-0.25, -0.2) is 0 Å². The third-order valence-corrected chi connectivity index (χ3v) is 5.74. The fourth-order valence-corrected chi connectivity index (χ4v) is 4.20. The van der Waals surface area contributed by atoms with Crippen LogP contribution in [0.15, 0.2) is 88.8 Å². The molecule has 11 heteroatoms. The van der Waals surface area contributed by atoms with Crippen LogP contribution in [0.5, 0.6) is 5.75 Å². The van der Waals surface area contributed by atoms with Crippen LogP contribution in [0.3, 0.4) is 0 Å². The molecular formula is C25H14ClF3N2O5. The van der Waals surface area contributed by atoms with Crippen molar-refractivity contribution in [3.05, 3.63) is 101 Å². The van der Waals surface area contributed by atoms with Crippen molar-refractivity contribution in [3.63, 3.8) is 0 Å². The number of fused-ring (bicyclic) bond motifs is 1. The van der Waals surface area contributed by atoms with Gasteiger partial charge in [0.05, 0.1) is 11.6 Å². The number of ketones is 1. The third-order valence-electron chi connectivity index (χ3n) is 5.50. The van der Waals surface area contributed by atoms with Crippen LogP contribution in [0.1, 0.15) is 22.2 Å². The Morgan fingerprint density at radius 1 is 1.11 bits per heavy atom. The number of alkyl halides is 3. The molecule has 5 rings (SSSR count). The number of aliphatic hydroxyl groups excluding tert-OH is 1. The summed E-state index contributed by atoms with van der Waals surface area (Å²) in [5, 5.41) is 11.8. The van der Waals surface area contributed by atoms with Crippen LogP contribution >= 0.6 is 11.6 Å². The van der Waals surface area contributed by atoms with E-state index >= 15 is 0 Å². The molecule has 2 aromatic carbocycles. The molecule has 0 bridgehead atoms. The fourth-order valence-electron chi connectivity index (χ4n) is 4.02. The van der Waals surface area contributed by atoms with E-state index in [2.05, 4.69) is 9.72 Å². The molecule has 0 spiro atoms. The number of amides is 1. The summed E-state index contributed by atoms with van der Waals surface area (Å²) >= 11 is 6.01. The van der Waals surface area contributed by atoms with E-state index in [1.807, 2.05) is 0 Å². The highest BCUT2D eigenvalue weighted by Crippen LogP contribution is 2.42. The minimum absolute atomic E-state index is 0.120. The minimum Gasteiger partial charge on any atom is -0.503 e. The van der Waals surface area contributed by atoms with E-state index in [1.54, 1.807) is 30.3 Å². The molecule has 36 heavy (non-hydrogen) atoms. The quantitative estimate of drug-likeness (QED) is 0.320. The van der Waals surface area contributed by atoms with Crippen molar-refractivity contribution in [2.75, 3.05) is 4.90 Å². The normalized spacial score (nSPS) is 16.2. The molecule has 0 saturated carbocycles. The number of aliphatic hydroxyl groups is 1. The molecule has 0 saturated heterocycles. The molecule has 4 aromatic rings. The number of halogens is 4. The maximum absolute atomic E-state index is 13.5. The summed E-state index contributed by atoms with van der Waals surface area (Å²) in [6, 6.07) is 12.7. The number of aromatic nitrogens is 1.